The number of hydrogen-bond donors (Lipinski definition) is 1. The van der Waals surface area contributed by atoms with Crippen LogP contribution >= 0.6 is 0 Å². The topological polar surface area (TPSA) is 127 Å². The summed E-state index contributed by atoms with van der Waals surface area (Å²) in [4.78, 5) is 59.2. The minimum Gasteiger partial charge on any atom is -0.291 e. The molecule has 4 amide bonds. The molecule has 0 radical (unpaired) electrons. The van der Waals surface area contributed by atoms with E-state index < -0.39 is 35.1 Å². The van der Waals surface area contributed by atoms with E-state index in [0.717, 1.165) is 12.1 Å². The van der Waals surface area contributed by atoms with Crippen LogP contribution in [0.2, 0.25) is 0 Å². The number of nitro groups is 1. The van der Waals surface area contributed by atoms with Crippen molar-refractivity contribution in [3.8, 4) is 0 Å². The lowest BCUT2D eigenvalue weighted by Gasteiger charge is -2.13. The van der Waals surface area contributed by atoms with Crippen LogP contribution in [-0.4, -0.2) is 40.0 Å². The van der Waals surface area contributed by atoms with Gasteiger partial charge in [0.15, 0.2) is 0 Å². The lowest BCUT2D eigenvalue weighted by molar-refractivity contribution is -0.384. The summed E-state index contributed by atoms with van der Waals surface area (Å²) in [7, 11) is 0. The Balaban J connectivity index is 1.73. The minimum absolute atomic E-state index is 0.0252. The summed E-state index contributed by atoms with van der Waals surface area (Å²) in [5.74, 6) is -3.08. The number of carbonyl (C=O) groups is 4. The van der Waals surface area contributed by atoms with Crippen LogP contribution in [0.15, 0.2) is 48.5 Å². The average molecular weight is 353 g/mol. The van der Waals surface area contributed by atoms with Gasteiger partial charge in [0.2, 0.25) is 5.91 Å². The van der Waals surface area contributed by atoms with E-state index in [-0.39, 0.29) is 22.4 Å². The van der Waals surface area contributed by atoms with Gasteiger partial charge in [-0.25, -0.2) is 0 Å². The van der Waals surface area contributed by atoms with E-state index in [1.165, 1.54) is 18.2 Å². The fourth-order valence-corrected chi connectivity index (χ4v) is 2.51. The first-order chi connectivity index (χ1) is 12.4. The van der Waals surface area contributed by atoms with Crippen molar-refractivity contribution in [2.45, 2.75) is 0 Å². The van der Waals surface area contributed by atoms with E-state index in [2.05, 4.69) is 5.32 Å². The lowest BCUT2D eigenvalue weighted by Crippen LogP contribution is -2.42. The Kier molecular flexibility index (Phi) is 4.27. The fourth-order valence-electron chi connectivity index (χ4n) is 2.51. The highest BCUT2D eigenvalue weighted by Crippen LogP contribution is 2.26. The largest absolute Gasteiger partial charge is 0.291 e. The van der Waals surface area contributed by atoms with Crippen LogP contribution in [0.3, 0.4) is 0 Å². The van der Waals surface area contributed by atoms with Gasteiger partial charge in [0, 0.05) is 17.7 Å². The van der Waals surface area contributed by atoms with Crippen LogP contribution in [-0.2, 0) is 4.79 Å². The standard InChI is InChI=1S/C17H11N3O6/c21-14(18-15(22)10-4-2-1-3-5-10)9-19-16(23)12-7-6-11(20(25)26)8-13(12)17(19)24/h1-8H,9H2,(H,18,21,22). The third kappa shape index (κ3) is 3.05. The second-order valence-electron chi connectivity index (χ2n) is 5.43. The molecule has 0 fully saturated rings. The molecule has 1 heterocycles. The zero-order valence-electron chi connectivity index (χ0n) is 13.2. The number of non-ortho nitro benzene ring substituents is 1. The number of hydrogen-bond acceptors (Lipinski definition) is 6. The van der Waals surface area contributed by atoms with Crippen molar-refractivity contribution in [3.05, 3.63) is 75.3 Å². The summed E-state index contributed by atoms with van der Waals surface area (Å²) in [6.07, 6.45) is 0. The van der Waals surface area contributed by atoms with Gasteiger partial charge in [0.05, 0.1) is 16.1 Å². The second kappa shape index (κ2) is 6.55. The number of nitrogens with zero attached hydrogens (tertiary/aromatic N) is 2. The number of amides is 4. The number of rotatable bonds is 4. The second-order valence-corrected chi connectivity index (χ2v) is 5.43. The number of nitro benzene ring substituents is 1. The molecule has 0 atom stereocenters. The first-order valence-corrected chi connectivity index (χ1v) is 7.42. The molecule has 1 N–H and O–H groups in total. The maximum absolute atomic E-state index is 12.3. The van der Waals surface area contributed by atoms with Crippen molar-refractivity contribution in [2.75, 3.05) is 6.54 Å². The molecule has 130 valence electrons. The smallest absolute Gasteiger partial charge is 0.270 e. The SMILES string of the molecule is O=C(CN1C(=O)c2ccc([N+](=O)[O-])cc2C1=O)NC(=O)c1ccccc1. The summed E-state index contributed by atoms with van der Waals surface area (Å²) in [5, 5.41) is 12.9. The van der Waals surface area contributed by atoms with Crippen molar-refractivity contribution < 1.29 is 24.1 Å². The molecule has 0 unspecified atom stereocenters. The summed E-state index contributed by atoms with van der Waals surface area (Å²) in [6, 6.07) is 11.2. The summed E-state index contributed by atoms with van der Waals surface area (Å²) in [6.45, 7) is -0.668. The van der Waals surface area contributed by atoms with E-state index in [4.69, 9.17) is 0 Å². The molecular formula is C17H11N3O6. The Bertz CT molecular complexity index is 954. The van der Waals surface area contributed by atoms with Crippen molar-refractivity contribution in [1.82, 2.24) is 10.2 Å². The zero-order chi connectivity index (χ0) is 18.8. The van der Waals surface area contributed by atoms with Gasteiger partial charge in [0.25, 0.3) is 23.4 Å². The monoisotopic (exact) mass is 353 g/mol. The molecule has 0 saturated heterocycles. The third-order valence-corrected chi connectivity index (χ3v) is 3.76. The molecule has 1 aliphatic rings. The predicted octanol–water partition coefficient (Wildman–Crippen LogP) is 1.15. The third-order valence-electron chi connectivity index (χ3n) is 3.76. The molecule has 3 rings (SSSR count). The summed E-state index contributed by atoms with van der Waals surface area (Å²) in [5.41, 5.74) is -0.261. The molecular weight excluding hydrogens is 342 g/mol. The van der Waals surface area contributed by atoms with Gasteiger partial charge in [-0.1, -0.05) is 18.2 Å². The molecule has 9 heteroatoms. The highest BCUT2D eigenvalue weighted by Gasteiger charge is 2.38. The van der Waals surface area contributed by atoms with Crippen molar-refractivity contribution in [3.63, 3.8) is 0 Å². The van der Waals surface area contributed by atoms with Gasteiger partial charge in [-0.05, 0) is 18.2 Å². The Morgan fingerprint density at radius 3 is 2.31 bits per heavy atom. The van der Waals surface area contributed by atoms with Gasteiger partial charge in [-0.2, -0.15) is 0 Å². The Labute approximate surface area is 146 Å². The van der Waals surface area contributed by atoms with Crippen LogP contribution in [0, 0.1) is 10.1 Å². The van der Waals surface area contributed by atoms with E-state index in [1.807, 2.05) is 0 Å². The molecule has 2 aromatic carbocycles. The Hall–Kier alpha value is -3.88. The first-order valence-electron chi connectivity index (χ1n) is 7.42. The normalized spacial score (nSPS) is 12.7. The van der Waals surface area contributed by atoms with Crippen LogP contribution in [0.25, 0.3) is 0 Å². The first kappa shape index (κ1) is 17.0. The molecule has 0 aromatic heterocycles. The van der Waals surface area contributed by atoms with Crippen LogP contribution < -0.4 is 5.32 Å². The molecule has 26 heavy (non-hydrogen) atoms. The molecule has 0 bridgehead atoms. The van der Waals surface area contributed by atoms with E-state index in [9.17, 15) is 29.3 Å². The van der Waals surface area contributed by atoms with E-state index in [1.54, 1.807) is 18.2 Å². The molecule has 1 aliphatic heterocycles. The van der Waals surface area contributed by atoms with Crippen molar-refractivity contribution in [2.24, 2.45) is 0 Å². The molecule has 9 nitrogen and oxygen atoms in total. The van der Waals surface area contributed by atoms with Crippen molar-refractivity contribution >= 4 is 29.3 Å². The van der Waals surface area contributed by atoms with Crippen LogP contribution in [0.1, 0.15) is 31.1 Å². The number of imide groups is 2. The lowest BCUT2D eigenvalue weighted by atomic mass is 10.1. The van der Waals surface area contributed by atoms with Gasteiger partial charge in [-0.15, -0.1) is 0 Å². The summed E-state index contributed by atoms with van der Waals surface area (Å²) >= 11 is 0. The quantitative estimate of drug-likeness (QED) is 0.499. The number of carbonyl (C=O) groups excluding carboxylic acids is 4. The van der Waals surface area contributed by atoms with Gasteiger partial charge in [0.1, 0.15) is 6.54 Å². The van der Waals surface area contributed by atoms with E-state index in [0.29, 0.717) is 4.90 Å². The number of fused-ring (bicyclic) bond motifs is 1. The Morgan fingerprint density at radius 2 is 1.65 bits per heavy atom. The van der Waals surface area contributed by atoms with Gasteiger partial charge >= 0.3 is 0 Å². The summed E-state index contributed by atoms with van der Waals surface area (Å²) < 4.78 is 0. The van der Waals surface area contributed by atoms with Crippen molar-refractivity contribution in [1.29, 1.82) is 0 Å². The van der Waals surface area contributed by atoms with E-state index >= 15 is 0 Å². The number of nitrogens with one attached hydrogen (secondary N) is 1. The molecule has 2 aromatic rings. The van der Waals surface area contributed by atoms with Gasteiger partial charge < -0.3 is 0 Å². The molecule has 0 saturated carbocycles. The van der Waals surface area contributed by atoms with Crippen LogP contribution in [0.4, 0.5) is 5.69 Å². The van der Waals surface area contributed by atoms with Gasteiger partial charge in [-0.3, -0.25) is 39.5 Å². The predicted molar refractivity (Wildman–Crippen MR) is 87.4 cm³/mol. The fraction of sp³-hybridized carbons (Fsp3) is 0.0588. The highest BCUT2D eigenvalue weighted by molar-refractivity contribution is 6.23. The zero-order valence-corrected chi connectivity index (χ0v) is 13.2. The average Bonchev–Trinajstić information content (AvgIpc) is 2.87. The maximum atomic E-state index is 12.3. The maximum Gasteiger partial charge on any atom is 0.270 e. The van der Waals surface area contributed by atoms with Crippen LogP contribution in [0.5, 0.6) is 0 Å². The Morgan fingerprint density at radius 1 is 1.00 bits per heavy atom. The number of benzene rings is 2. The highest BCUT2D eigenvalue weighted by atomic mass is 16.6. The molecule has 0 aliphatic carbocycles. The molecule has 0 spiro atoms. The minimum atomic E-state index is -0.845.